The largest absolute Gasteiger partial charge is 0.493 e. The van der Waals surface area contributed by atoms with Crippen molar-refractivity contribution >= 4 is 0 Å². The van der Waals surface area contributed by atoms with E-state index in [1.165, 1.54) is 24.3 Å². The summed E-state index contributed by atoms with van der Waals surface area (Å²) < 4.78 is 28.8. The maximum Gasteiger partial charge on any atom is 0.165 e. The summed E-state index contributed by atoms with van der Waals surface area (Å²) in [5.74, 6) is 1.53. The molecule has 0 aromatic heterocycles. The van der Waals surface area contributed by atoms with Gasteiger partial charge in [0.2, 0.25) is 0 Å². The van der Waals surface area contributed by atoms with Gasteiger partial charge in [-0.1, -0.05) is 12.1 Å². The van der Waals surface area contributed by atoms with Gasteiger partial charge >= 0.3 is 0 Å². The second kappa shape index (κ2) is 9.10. The lowest BCUT2D eigenvalue weighted by Crippen LogP contribution is -2.31. The van der Waals surface area contributed by atoms with Gasteiger partial charge in [0.05, 0.1) is 14.2 Å². The van der Waals surface area contributed by atoms with Crippen molar-refractivity contribution in [1.82, 2.24) is 5.32 Å². The van der Waals surface area contributed by atoms with Gasteiger partial charge < -0.3 is 24.6 Å². The minimum Gasteiger partial charge on any atom is -0.493 e. The Morgan fingerprint density at radius 2 is 1.83 bits per heavy atom. The van der Waals surface area contributed by atoms with Gasteiger partial charge in [-0.2, -0.15) is 0 Å². The van der Waals surface area contributed by atoms with Crippen LogP contribution in [-0.4, -0.2) is 38.6 Å². The fourth-order valence-electron chi connectivity index (χ4n) is 2.25. The molecule has 1 unspecified atom stereocenters. The highest BCUT2D eigenvalue weighted by molar-refractivity contribution is 5.46. The van der Waals surface area contributed by atoms with Gasteiger partial charge in [0, 0.05) is 18.7 Å². The molecule has 0 radical (unpaired) electrons. The van der Waals surface area contributed by atoms with Crippen molar-refractivity contribution in [3.63, 3.8) is 0 Å². The van der Waals surface area contributed by atoms with Crippen molar-refractivity contribution in [2.45, 2.75) is 12.6 Å². The third-order valence-electron chi connectivity index (χ3n) is 3.44. The fraction of sp³-hybridized carbons (Fsp3) is 0.333. The van der Waals surface area contributed by atoms with E-state index in [0.717, 1.165) is 5.56 Å². The molecule has 0 aliphatic heterocycles. The smallest absolute Gasteiger partial charge is 0.165 e. The molecule has 0 spiro atoms. The summed E-state index contributed by atoms with van der Waals surface area (Å²) >= 11 is 0. The van der Waals surface area contributed by atoms with E-state index in [0.29, 0.717) is 30.3 Å². The zero-order valence-electron chi connectivity index (χ0n) is 13.8. The van der Waals surface area contributed by atoms with Gasteiger partial charge in [0.25, 0.3) is 0 Å². The van der Waals surface area contributed by atoms with Crippen molar-refractivity contribution in [2.75, 3.05) is 27.4 Å². The number of rotatable bonds is 9. The van der Waals surface area contributed by atoms with Crippen LogP contribution in [0, 0.1) is 5.82 Å². The minimum absolute atomic E-state index is 0.119. The highest BCUT2D eigenvalue weighted by Gasteiger charge is 2.10. The summed E-state index contributed by atoms with van der Waals surface area (Å²) in [5, 5.41) is 13.1. The van der Waals surface area contributed by atoms with Crippen LogP contribution < -0.4 is 19.5 Å². The van der Waals surface area contributed by atoms with Gasteiger partial charge in [0.1, 0.15) is 24.3 Å². The number of nitrogens with one attached hydrogen (secondary N) is 1. The first kappa shape index (κ1) is 18.0. The van der Waals surface area contributed by atoms with Crippen LogP contribution in [0.2, 0.25) is 0 Å². The van der Waals surface area contributed by atoms with E-state index in [1.54, 1.807) is 14.2 Å². The zero-order valence-corrected chi connectivity index (χ0v) is 13.8. The molecule has 5 nitrogen and oxygen atoms in total. The lowest BCUT2D eigenvalue weighted by Gasteiger charge is -2.15. The molecule has 0 saturated heterocycles. The van der Waals surface area contributed by atoms with Crippen LogP contribution in [0.3, 0.4) is 0 Å². The van der Waals surface area contributed by atoms with E-state index >= 15 is 0 Å². The first-order valence-electron chi connectivity index (χ1n) is 7.61. The molecular weight excluding hydrogens is 313 g/mol. The van der Waals surface area contributed by atoms with Crippen LogP contribution in [0.15, 0.2) is 42.5 Å². The van der Waals surface area contributed by atoms with Gasteiger partial charge in [0.15, 0.2) is 11.5 Å². The number of methoxy groups -OCH3 is 2. The van der Waals surface area contributed by atoms with Crippen LogP contribution in [0.4, 0.5) is 4.39 Å². The Hall–Kier alpha value is -2.31. The summed E-state index contributed by atoms with van der Waals surface area (Å²) in [6.45, 7) is 0.990. The monoisotopic (exact) mass is 335 g/mol. The molecule has 0 saturated carbocycles. The molecule has 2 aromatic rings. The third-order valence-corrected chi connectivity index (χ3v) is 3.44. The van der Waals surface area contributed by atoms with Crippen LogP contribution in [0.25, 0.3) is 0 Å². The SMILES string of the molecule is COc1cccc(CNCC(O)COc2ccc(F)cc2)c1OC. The topological polar surface area (TPSA) is 60.0 Å². The van der Waals surface area contributed by atoms with Gasteiger partial charge in [-0.3, -0.25) is 0 Å². The fourth-order valence-corrected chi connectivity index (χ4v) is 2.25. The number of aliphatic hydroxyl groups excluding tert-OH is 1. The van der Waals surface area contributed by atoms with E-state index in [2.05, 4.69) is 5.32 Å². The average molecular weight is 335 g/mol. The third kappa shape index (κ3) is 5.11. The number of hydrogen-bond donors (Lipinski definition) is 2. The van der Waals surface area contributed by atoms with Crippen molar-refractivity contribution in [3.05, 3.63) is 53.8 Å². The molecule has 0 bridgehead atoms. The summed E-state index contributed by atoms with van der Waals surface area (Å²) in [6, 6.07) is 11.3. The maximum absolute atomic E-state index is 12.8. The Balaban J connectivity index is 1.78. The Kier molecular flexibility index (Phi) is 6.84. The molecule has 1 atom stereocenters. The number of aliphatic hydroxyl groups is 1. The quantitative estimate of drug-likeness (QED) is 0.737. The summed E-state index contributed by atoms with van der Waals surface area (Å²) in [7, 11) is 3.18. The Labute approximate surface area is 141 Å². The first-order valence-corrected chi connectivity index (χ1v) is 7.61. The van der Waals surface area contributed by atoms with Crippen LogP contribution >= 0.6 is 0 Å². The predicted molar refractivity (Wildman–Crippen MR) is 89.2 cm³/mol. The van der Waals surface area contributed by atoms with Gasteiger partial charge in [-0.05, 0) is 30.3 Å². The Bertz CT molecular complexity index is 633. The van der Waals surface area contributed by atoms with Crippen molar-refractivity contribution in [1.29, 1.82) is 0 Å². The Morgan fingerprint density at radius 1 is 1.08 bits per heavy atom. The second-order valence-corrected chi connectivity index (χ2v) is 5.20. The average Bonchev–Trinajstić information content (AvgIpc) is 2.61. The molecule has 0 aliphatic rings. The first-order chi connectivity index (χ1) is 11.6. The van der Waals surface area contributed by atoms with E-state index in [4.69, 9.17) is 14.2 Å². The summed E-state index contributed by atoms with van der Waals surface area (Å²) in [5.41, 5.74) is 0.934. The number of para-hydroxylation sites is 1. The molecule has 2 rings (SSSR count). The van der Waals surface area contributed by atoms with Crippen molar-refractivity contribution in [2.24, 2.45) is 0 Å². The minimum atomic E-state index is -0.688. The van der Waals surface area contributed by atoms with Crippen molar-refractivity contribution < 1.29 is 23.7 Å². The second-order valence-electron chi connectivity index (χ2n) is 5.20. The summed E-state index contributed by atoms with van der Waals surface area (Å²) in [6.07, 6.45) is -0.688. The lowest BCUT2D eigenvalue weighted by atomic mass is 10.2. The van der Waals surface area contributed by atoms with E-state index in [9.17, 15) is 9.50 Å². The number of hydrogen-bond acceptors (Lipinski definition) is 5. The molecule has 0 fully saturated rings. The van der Waals surface area contributed by atoms with Gasteiger partial charge in [-0.15, -0.1) is 0 Å². The maximum atomic E-state index is 12.8. The number of benzene rings is 2. The lowest BCUT2D eigenvalue weighted by molar-refractivity contribution is 0.106. The molecule has 24 heavy (non-hydrogen) atoms. The highest BCUT2D eigenvalue weighted by Crippen LogP contribution is 2.30. The normalized spacial score (nSPS) is 11.8. The molecule has 2 aromatic carbocycles. The standard InChI is InChI=1S/C18H22FNO4/c1-22-17-5-3-4-13(18(17)23-2)10-20-11-15(21)12-24-16-8-6-14(19)7-9-16/h3-9,15,20-21H,10-12H2,1-2H3. The predicted octanol–water partition coefficient (Wildman–Crippen LogP) is 2.37. The van der Waals surface area contributed by atoms with Crippen LogP contribution in [0.1, 0.15) is 5.56 Å². The van der Waals surface area contributed by atoms with E-state index < -0.39 is 6.10 Å². The zero-order chi connectivity index (χ0) is 17.4. The number of ether oxygens (including phenoxy) is 3. The number of halogens is 1. The van der Waals surface area contributed by atoms with Gasteiger partial charge in [-0.25, -0.2) is 4.39 Å². The molecule has 130 valence electrons. The Morgan fingerprint density at radius 3 is 2.50 bits per heavy atom. The summed E-state index contributed by atoms with van der Waals surface area (Å²) in [4.78, 5) is 0. The van der Waals surface area contributed by atoms with Crippen LogP contribution in [0.5, 0.6) is 17.2 Å². The molecule has 6 heteroatoms. The highest BCUT2D eigenvalue weighted by atomic mass is 19.1. The molecule has 0 heterocycles. The molecule has 2 N–H and O–H groups in total. The molecule has 0 amide bonds. The molecular formula is C18H22FNO4. The van der Waals surface area contributed by atoms with Crippen molar-refractivity contribution in [3.8, 4) is 17.2 Å². The van der Waals surface area contributed by atoms with Crippen LogP contribution in [-0.2, 0) is 6.54 Å². The molecule has 0 aliphatic carbocycles. The van der Waals surface area contributed by atoms with E-state index in [-0.39, 0.29) is 12.4 Å². The van der Waals surface area contributed by atoms with E-state index in [1.807, 2.05) is 18.2 Å².